The van der Waals surface area contributed by atoms with Crippen molar-refractivity contribution >= 4 is 17.4 Å². The van der Waals surface area contributed by atoms with Gasteiger partial charge in [0.05, 0.1) is 12.2 Å². The summed E-state index contributed by atoms with van der Waals surface area (Å²) >= 11 is 1.53. The van der Waals surface area contributed by atoms with E-state index < -0.39 is 6.10 Å². The van der Waals surface area contributed by atoms with Crippen LogP contribution < -0.4 is 10.6 Å². The smallest absolute Gasteiger partial charge is 0.314 e. The van der Waals surface area contributed by atoms with Crippen LogP contribution in [-0.4, -0.2) is 36.9 Å². The Bertz CT molecular complexity index is 419. The molecule has 0 aromatic carbocycles. The van der Waals surface area contributed by atoms with E-state index in [4.69, 9.17) is 4.74 Å². The van der Waals surface area contributed by atoms with Crippen LogP contribution in [0.25, 0.3) is 0 Å². The molecule has 0 radical (unpaired) electrons. The molecule has 1 fully saturated rings. The van der Waals surface area contributed by atoms with Crippen molar-refractivity contribution in [3.05, 3.63) is 22.4 Å². The second-order valence-corrected chi connectivity index (χ2v) is 6.47. The molecule has 6 heteroatoms. The third-order valence-electron chi connectivity index (χ3n) is 3.90. The molecule has 22 heavy (non-hydrogen) atoms. The highest BCUT2D eigenvalue weighted by Crippen LogP contribution is 2.20. The number of hydrogen-bond donors (Lipinski definition) is 3. The molecule has 1 heterocycles. The third-order valence-corrected chi connectivity index (χ3v) is 4.60. The van der Waals surface area contributed by atoms with E-state index in [1.165, 1.54) is 43.4 Å². The Hall–Kier alpha value is -1.11. The minimum Gasteiger partial charge on any atom is -0.387 e. The number of hydrogen-bond acceptors (Lipinski definition) is 4. The number of amides is 2. The summed E-state index contributed by atoms with van der Waals surface area (Å²) in [5.74, 6) is 0. The van der Waals surface area contributed by atoms with Crippen LogP contribution in [0.1, 0.15) is 50.2 Å². The molecular weight excluding hydrogens is 300 g/mol. The first-order chi connectivity index (χ1) is 10.8. The monoisotopic (exact) mass is 326 g/mol. The Kier molecular flexibility index (Phi) is 7.70. The maximum atomic E-state index is 11.6. The molecule has 3 N–H and O–H groups in total. The molecule has 2 rings (SSSR count). The Morgan fingerprint density at radius 3 is 2.91 bits per heavy atom. The fourth-order valence-corrected chi connectivity index (χ4v) is 3.30. The lowest BCUT2D eigenvalue weighted by Gasteiger charge is -2.21. The number of aliphatic hydroxyl groups is 1. The number of aliphatic hydroxyl groups excluding tert-OH is 1. The molecule has 1 saturated carbocycles. The topological polar surface area (TPSA) is 70.6 Å². The molecule has 1 unspecified atom stereocenters. The average Bonchev–Trinajstić information content (AvgIpc) is 3.08. The van der Waals surface area contributed by atoms with Gasteiger partial charge in [0.15, 0.2) is 0 Å². The van der Waals surface area contributed by atoms with Gasteiger partial charge in [-0.15, -0.1) is 0 Å². The quantitative estimate of drug-likeness (QED) is 0.643. The van der Waals surface area contributed by atoms with Crippen LogP contribution in [0.2, 0.25) is 0 Å². The molecule has 1 aromatic rings. The van der Waals surface area contributed by atoms with Crippen LogP contribution in [-0.2, 0) is 4.74 Å². The molecule has 1 aliphatic carbocycles. The van der Waals surface area contributed by atoms with Crippen molar-refractivity contribution in [3.8, 4) is 0 Å². The molecule has 2 amide bonds. The first-order valence-electron chi connectivity index (χ1n) is 8.09. The van der Waals surface area contributed by atoms with Crippen molar-refractivity contribution in [1.29, 1.82) is 0 Å². The number of nitrogens with one attached hydrogen (secondary N) is 2. The van der Waals surface area contributed by atoms with Crippen LogP contribution in [0.4, 0.5) is 4.79 Å². The number of carbonyl (C=O) groups excluding carboxylic acids is 1. The van der Waals surface area contributed by atoms with Gasteiger partial charge in [-0.25, -0.2) is 4.79 Å². The van der Waals surface area contributed by atoms with Gasteiger partial charge in [-0.1, -0.05) is 19.3 Å². The predicted molar refractivity (Wildman–Crippen MR) is 88.1 cm³/mol. The van der Waals surface area contributed by atoms with E-state index >= 15 is 0 Å². The second kappa shape index (κ2) is 9.82. The molecule has 1 aliphatic rings. The maximum absolute atomic E-state index is 11.6. The van der Waals surface area contributed by atoms with Gasteiger partial charge in [0.2, 0.25) is 0 Å². The summed E-state index contributed by atoms with van der Waals surface area (Å²) in [7, 11) is 0. The van der Waals surface area contributed by atoms with Crippen LogP contribution in [0.3, 0.4) is 0 Å². The highest BCUT2D eigenvalue weighted by Gasteiger charge is 2.13. The van der Waals surface area contributed by atoms with Gasteiger partial charge in [0.1, 0.15) is 0 Å². The van der Waals surface area contributed by atoms with E-state index in [0.29, 0.717) is 19.3 Å². The van der Waals surface area contributed by atoms with E-state index in [0.717, 1.165) is 12.0 Å². The third kappa shape index (κ3) is 6.34. The maximum Gasteiger partial charge on any atom is 0.314 e. The number of urea groups is 1. The molecule has 124 valence electrons. The normalized spacial score (nSPS) is 17.1. The zero-order chi connectivity index (χ0) is 15.6. The number of thiophene rings is 1. The van der Waals surface area contributed by atoms with Gasteiger partial charge in [0, 0.05) is 19.7 Å². The van der Waals surface area contributed by atoms with Gasteiger partial charge in [-0.3, -0.25) is 0 Å². The SMILES string of the molecule is O=C(NCCCOC1CCCCC1)NCC(O)c1ccsc1. The fraction of sp³-hybridized carbons (Fsp3) is 0.688. The van der Waals surface area contributed by atoms with Crippen LogP contribution in [0, 0.1) is 0 Å². The minimum atomic E-state index is -0.647. The van der Waals surface area contributed by atoms with Gasteiger partial charge >= 0.3 is 6.03 Å². The van der Waals surface area contributed by atoms with E-state index in [-0.39, 0.29) is 12.6 Å². The minimum absolute atomic E-state index is 0.223. The fourth-order valence-electron chi connectivity index (χ4n) is 2.59. The average molecular weight is 326 g/mol. The lowest BCUT2D eigenvalue weighted by atomic mass is 9.98. The highest BCUT2D eigenvalue weighted by atomic mass is 32.1. The summed E-state index contributed by atoms with van der Waals surface area (Å²) in [6, 6.07) is 1.62. The van der Waals surface area contributed by atoms with Crippen molar-refractivity contribution in [3.63, 3.8) is 0 Å². The van der Waals surface area contributed by atoms with E-state index in [2.05, 4.69) is 10.6 Å². The predicted octanol–water partition coefficient (Wildman–Crippen LogP) is 2.82. The summed E-state index contributed by atoms with van der Waals surface area (Å²) in [5, 5.41) is 19.1. The number of carbonyl (C=O) groups is 1. The molecular formula is C16H26N2O3S. The summed E-state index contributed by atoms with van der Waals surface area (Å²) in [6.45, 7) is 1.51. The zero-order valence-electron chi connectivity index (χ0n) is 12.9. The molecule has 1 aromatic heterocycles. The number of rotatable bonds is 8. The molecule has 0 spiro atoms. The van der Waals surface area contributed by atoms with E-state index in [1.807, 2.05) is 16.8 Å². The summed E-state index contributed by atoms with van der Waals surface area (Å²) in [5.41, 5.74) is 0.839. The van der Waals surface area contributed by atoms with Gasteiger partial charge in [-0.05, 0) is 41.7 Å². The van der Waals surface area contributed by atoms with Crippen molar-refractivity contribution < 1.29 is 14.6 Å². The van der Waals surface area contributed by atoms with Gasteiger partial charge in [0.25, 0.3) is 0 Å². The van der Waals surface area contributed by atoms with E-state index in [9.17, 15) is 9.90 Å². The van der Waals surface area contributed by atoms with Crippen molar-refractivity contribution in [2.45, 2.75) is 50.7 Å². The first kappa shape index (κ1) is 17.2. The Balaban J connectivity index is 1.47. The summed E-state index contributed by atoms with van der Waals surface area (Å²) < 4.78 is 5.80. The number of ether oxygens (including phenoxy) is 1. The van der Waals surface area contributed by atoms with Crippen LogP contribution in [0.15, 0.2) is 16.8 Å². The van der Waals surface area contributed by atoms with Crippen LogP contribution >= 0.6 is 11.3 Å². The molecule has 0 saturated heterocycles. The largest absolute Gasteiger partial charge is 0.387 e. The van der Waals surface area contributed by atoms with Crippen molar-refractivity contribution in [2.24, 2.45) is 0 Å². The lowest BCUT2D eigenvalue weighted by molar-refractivity contribution is 0.0275. The summed E-state index contributed by atoms with van der Waals surface area (Å²) in [6.07, 6.45) is 6.82. The Labute approximate surface area is 136 Å². The van der Waals surface area contributed by atoms with Crippen molar-refractivity contribution in [1.82, 2.24) is 10.6 Å². The summed E-state index contributed by atoms with van der Waals surface area (Å²) in [4.78, 5) is 11.6. The Morgan fingerprint density at radius 1 is 1.36 bits per heavy atom. The standard InChI is InChI=1S/C16H26N2O3S/c19-15(13-7-10-22-12-13)11-18-16(20)17-8-4-9-21-14-5-2-1-3-6-14/h7,10,12,14-15,19H,1-6,8-9,11H2,(H2,17,18,20). The first-order valence-corrected chi connectivity index (χ1v) is 9.03. The molecule has 1 atom stereocenters. The lowest BCUT2D eigenvalue weighted by Crippen LogP contribution is -2.38. The Morgan fingerprint density at radius 2 is 2.18 bits per heavy atom. The van der Waals surface area contributed by atoms with Gasteiger partial charge < -0.3 is 20.5 Å². The van der Waals surface area contributed by atoms with Gasteiger partial charge in [-0.2, -0.15) is 11.3 Å². The molecule has 5 nitrogen and oxygen atoms in total. The highest BCUT2D eigenvalue weighted by molar-refractivity contribution is 7.07. The van der Waals surface area contributed by atoms with E-state index in [1.54, 1.807) is 0 Å². The van der Waals surface area contributed by atoms with Crippen LogP contribution in [0.5, 0.6) is 0 Å². The van der Waals surface area contributed by atoms with Crippen molar-refractivity contribution in [2.75, 3.05) is 19.7 Å². The molecule has 0 aliphatic heterocycles. The zero-order valence-corrected chi connectivity index (χ0v) is 13.7. The second-order valence-electron chi connectivity index (χ2n) is 5.69. The molecule has 0 bridgehead atoms.